The zero-order valence-corrected chi connectivity index (χ0v) is 59.5. The van der Waals surface area contributed by atoms with Crippen molar-refractivity contribution in [2.75, 3.05) is 39.6 Å². The Bertz CT molecular complexity index is 1730. The fourth-order valence-electron chi connectivity index (χ4n) is 10.6. The molecule has 0 radical (unpaired) electrons. The Kier molecular flexibility index (Phi) is 60.8. The van der Waals surface area contributed by atoms with Crippen LogP contribution in [0.5, 0.6) is 0 Å². The van der Waals surface area contributed by atoms with Gasteiger partial charge in [0, 0.05) is 25.7 Å². The lowest BCUT2D eigenvalue weighted by molar-refractivity contribution is -0.161. The molecule has 0 fully saturated rings. The molecule has 0 aliphatic carbocycles. The molecule has 0 spiro atoms. The van der Waals surface area contributed by atoms with Gasteiger partial charge in [0.05, 0.1) is 26.4 Å². The van der Waals surface area contributed by atoms with Gasteiger partial charge in [-0.1, -0.05) is 305 Å². The molecule has 0 aliphatic rings. The van der Waals surface area contributed by atoms with Crippen LogP contribution in [0.25, 0.3) is 0 Å². The van der Waals surface area contributed by atoms with Gasteiger partial charge >= 0.3 is 39.5 Å². The minimum absolute atomic E-state index is 0.104. The summed E-state index contributed by atoms with van der Waals surface area (Å²) in [6.45, 7) is 9.49. The number of phosphoric ester groups is 2. The predicted molar refractivity (Wildman–Crippen MR) is 358 cm³/mol. The van der Waals surface area contributed by atoms with E-state index >= 15 is 0 Å². The molecule has 0 bridgehead atoms. The molecule has 0 amide bonds. The second-order valence-corrected chi connectivity index (χ2v) is 29.1. The molecule has 0 aliphatic heterocycles. The van der Waals surface area contributed by atoms with Crippen LogP contribution in [0.2, 0.25) is 0 Å². The number of hydrogen-bond acceptors (Lipinski definition) is 15. The normalized spacial score (nSPS) is 14.1. The molecule has 2 unspecified atom stereocenters. The van der Waals surface area contributed by atoms with Crippen molar-refractivity contribution in [1.82, 2.24) is 0 Å². The Morgan fingerprint density at radius 3 is 0.764 bits per heavy atom. The van der Waals surface area contributed by atoms with Crippen molar-refractivity contribution in [2.24, 2.45) is 11.8 Å². The lowest BCUT2D eigenvalue weighted by Crippen LogP contribution is -2.30. The van der Waals surface area contributed by atoms with Crippen LogP contribution in [-0.2, 0) is 65.4 Å². The molecule has 19 heteroatoms. The van der Waals surface area contributed by atoms with Crippen LogP contribution in [0.15, 0.2) is 0 Å². The van der Waals surface area contributed by atoms with Gasteiger partial charge in [0.2, 0.25) is 0 Å². The van der Waals surface area contributed by atoms with E-state index in [1.807, 2.05) is 0 Å². The molecule has 0 saturated carbocycles. The van der Waals surface area contributed by atoms with Crippen molar-refractivity contribution in [2.45, 2.75) is 374 Å². The zero-order chi connectivity index (χ0) is 65.7. The number of aliphatic hydroxyl groups is 1. The lowest BCUT2D eigenvalue weighted by Gasteiger charge is -2.21. The smallest absolute Gasteiger partial charge is 0.462 e. The SMILES string of the molecule is CCCCCCCCCCCCCC(=O)OC[C@H](COP(=O)(O)OC[C@@H](O)COP(=O)(O)OC[C@@H](COC(=O)CCCCCCCCCCC)OC(=O)CCCCCCCCCC(C)C)OC(=O)CCCCCCCCCCCCCCCCCCC(C)C. The van der Waals surface area contributed by atoms with Crippen molar-refractivity contribution in [3.05, 3.63) is 0 Å². The van der Waals surface area contributed by atoms with Crippen LogP contribution in [0.4, 0.5) is 0 Å². The van der Waals surface area contributed by atoms with Gasteiger partial charge in [0.15, 0.2) is 12.2 Å². The molecular formula is C70H136O17P2. The second kappa shape index (κ2) is 62.2. The topological polar surface area (TPSA) is 237 Å². The first-order valence-corrected chi connectivity index (χ1v) is 39.5. The third kappa shape index (κ3) is 64.6. The predicted octanol–water partition coefficient (Wildman–Crippen LogP) is 20.0. The maximum absolute atomic E-state index is 13.0. The van der Waals surface area contributed by atoms with Crippen LogP contribution in [-0.4, -0.2) is 96.7 Å². The first kappa shape index (κ1) is 87.1. The van der Waals surface area contributed by atoms with E-state index < -0.39 is 97.5 Å². The van der Waals surface area contributed by atoms with E-state index in [1.165, 1.54) is 173 Å². The summed E-state index contributed by atoms with van der Waals surface area (Å²) in [5.41, 5.74) is 0. The quantitative estimate of drug-likeness (QED) is 0.0222. The average molecular weight is 1310 g/mol. The molecule has 0 rings (SSSR count). The van der Waals surface area contributed by atoms with Crippen LogP contribution < -0.4 is 0 Å². The first-order valence-electron chi connectivity index (χ1n) is 36.5. The Hall–Kier alpha value is -1.94. The van der Waals surface area contributed by atoms with Crippen LogP contribution in [0.3, 0.4) is 0 Å². The molecule has 528 valence electrons. The average Bonchev–Trinajstić information content (AvgIpc) is 3.71. The molecule has 5 atom stereocenters. The molecular weight excluding hydrogens is 1170 g/mol. The van der Waals surface area contributed by atoms with Crippen molar-refractivity contribution >= 4 is 39.5 Å². The summed E-state index contributed by atoms with van der Waals surface area (Å²) in [6.07, 6.45) is 47.3. The molecule has 0 heterocycles. The van der Waals surface area contributed by atoms with Crippen LogP contribution in [0.1, 0.15) is 356 Å². The standard InChI is InChI=1S/C70H136O17P2/c1-7-9-11-13-15-17-24-29-35-41-47-53-68(73)81-58-65(86-69(74)54-48-42-36-30-26-23-21-19-18-20-22-25-28-32-38-44-50-62(3)4)60-84-88(76,77)82-56-64(71)57-83-89(78,79)85-61-66(59-80-67(72)52-46-40-34-27-16-14-12-10-8-2)87-70(75)55-49-43-37-31-33-39-45-51-63(5)6/h62-66,71H,7-61H2,1-6H3,(H,76,77)(H,78,79)/t64-,65-,66-/m1/s1. The summed E-state index contributed by atoms with van der Waals surface area (Å²) in [5, 5.41) is 10.6. The number of rotatable bonds is 69. The Morgan fingerprint density at radius 1 is 0.303 bits per heavy atom. The van der Waals surface area contributed by atoms with E-state index in [1.54, 1.807) is 0 Å². The minimum atomic E-state index is -4.95. The van der Waals surface area contributed by atoms with E-state index in [0.29, 0.717) is 31.6 Å². The summed E-state index contributed by atoms with van der Waals surface area (Å²) in [6, 6.07) is 0. The van der Waals surface area contributed by atoms with Gasteiger partial charge in [0.25, 0.3) is 0 Å². The highest BCUT2D eigenvalue weighted by Gasteiger charge is 2.30. The number of carbonyl (C=O) groups excluding carboxylic acids is 4. The second-order valence-electron chi connectivity index (χ2n) is 26.2. The summed E-state index contributed by atoms with van der Waals surface area (Å²) in [4.78, 5) is 72.4. The van der Waals surface area contributed by atoms with Gasteiger partial charge in [-0.25, -0.2) is 9.13 Å². The Labute approximate surface area is 543 Å². The van der Waals surface area contributed by atoms with Gasteiger partial charge in [0.1, 0.15) is 19.3 Å². The summed E-state index contributed by atoms with van der Waals surface area (Å²) in [5.74, 6) is -0.622. The van der Waals surface area contributed by atoms with Gasteiger partial charge < -0.3 is 33.8 Å². The highest BCUT2D eigenvalue weighted by atomic mass is 31.2. The number of esters is 4. The third-order valence-electron chi connectivity index (χ3n) is 16.2. The number of hydrogen-bond donors (Lipinski definition) is 3. The highest BCUT2D eigenvalue weighted by Crippen LogP contribution is 2.45. The van der Waals surface area contributed by atoms with Gasteiger partial charge in [-0.3, -0.25) is 37.3 Å². The van der Waals surface area contributed by atoms with Gasteiger partial charge in [-0.15, -0.1) is 0 Å². The lowest BCUT2D eigenvalue weighted by atomic mass is 10.0. The van der Waals surface area contributed by atoms with Crippen molar-refractivity contribution in [3.8, 4) is 0 Å². The van der Waals surface area contributed by atoms with Crippen LogP contribution >= 0.6 is 15.6 Å². The fraction of sp³-hybridized carbons (Fsp3) is 0.943. The number of aliphatic hydroxyl groups excluding tert-OH is 1. The molecule has 17 nitrogen and oxygen atoms in total. The summed E-state index contributed by atoms with van der Waals surface area (Å²) in [7, 11) is -9.89. The van der Waals surface area contributed by atoms with Gasteiger partial charge in [-0.2, -0.15) is 0 Å². The maximum Gasteiger partial charge on any atom is 0.472 e. The molecule has 0 saturated heterocycles. The first-order chi connectivity index (χ1) is 42.9. The number of unbranched alkanes of at least 4 members (excludes halogenated alkanes) is 39. The number of ether oxygens (including phenoxy) is 4. The Morgan fingerprint density at radius 2 is 0.517 bits per heavy atom. The van der Waals surface area contributed by atoms with Crippen molar-refractivity contribution in [3.63, 3.8) is 0 Å². The zero-order valence-electron chi connectivity index (χ0n) is 57.7. The minimum Gasteiger partial charge on any atom is -0.462 e. The molecule has 0 aromatic rings. The van der Waals surface area contributed by atoms with Crippen molar-refractivity contribution < 1.29 is 80.2 Å². The Balaban J connectivity index is 5.18. The fourth-order valence-corrected chi connectivity index (χ4v) is 12.2. The van der Waals surface area contributed by atoms with E-state index in [0.717, 1.165) is 95.8 Å². The van der Waals surface area contributed by atoms with E-state index in [9.17, 15) is 43.2 Å². The van der Waals surface area contributed by atoms with Gasteiger partial charge in [-0.05, 0) is 37.5 Å². The van der Waals surface area contributed by atoms with Crippen LogP contribution in [0, 0.1) is 11.8 Å². The molecule has 89 heavy (non-hydrogen) atoms. The number of phosphoric acid groups is 2. The van der Waals surface area contributed by atoms with Crippen molar-refractivity contribution in [1.29, 1.82) is 0 Å². The van der Waals surface area contributed by atoms with E-state index in [4.69, 9.17) is 37.0 Å². The monoisotopic (exact) mass is 1310 g/mol. The maximum atomic E-state index is 13.0. The van der Waals surface area contributed by atoms with E-state index in [-0.39, 0.29) is 25.7 Å². The summed E-state index contributed by atoms with van der Waals surface area (Å²) >= 11 is 0. The molecule has 0 aromatic heterocycles. The number of carbonyl (C=O) groups is 4. The largest absolute Gasteiger partial charge is 0.472 e. The molecule has 3 N–H and O–H groups in total. The third-order valence-corrected chi connectivity index (χ3v) is 18.1. The highest BCUT2D eigenvalue weighted by molar-refractivity contribution is 7.47. The summed E-state index contributed by atoms with van der Waals surface area (Å²) < 4.78 is 68.2. The molecule has 0 aromatic carbocycles. The van der Waals surface area contributed by atoms with E-state index in [2.05, 4.69) is 41.5 Å².